The Morgan fingerprint density at radius 1 is 0.719 bits per heavy atom. The Morgan fingerprint density at radius 2 is 1.31 bits per heavy atom. The van der Waals surface area contributed by atoms with E-state index in [1.807, 2.05) is 6.07 Å². The summed E-state index contributed by atoms with van der Waals surface area (Å²) in [6.45, 7) is 1.50. The molecule has 0 N–H and O–H groups in total. The molecule has 0 aromatic heterocycles. The molecule has 160 valence electrons. The molecule has 0 atom stereocenters. The van der Waals surface area contributed by atoms with E-state index in [1.54, 1.807) is 0 Å². The van der Waals surface area contributed by atoms with Crippen molar-refractivity contribution in [3.05, 3.63) is 81.8 Å². The summed E-state index contributed by atoms with van der Waals surface area (Å²) in [5, 5.41) is 1.68. The molecule has 0 amide bonds. The van der Waals surface area contributed by atoms with Gasteiger partial charge in [-0.1, -0.05) is 72.5 Å². The van der Waals surface area contributed by atoms with Crippen molar-refractivity contribution in [3.8, 4) is 22.3 Å². The number of hydrogen-bond donors (Lipinski definition) is 0. The Morgan fingerprint density at radius 3 is 1.97 bits per heavy atom. The number of benzene rings is 3. The van der Waals surface area contributed by atoms with Gasteiger partial charge in [0.15, 0.2) is 0 Å². The van der Waals surface area contributed by atoms with Crippen molar-refractivity contribution in [2.75, 3.05) is 0 Å². The lowest BCUT2D eigenvalue weighted by molar-refractivity contribution is -0.0399. The minimum atomic E-state index is 0.150. The highest BCUT2D eigenvalue weighted by Crippen LogP contribution is 2.70. The Balaban J connectivity index is 0.000000953. The molecule has 0 unspecified atom stereocenters. The predicted molar refractivity (Wildman–Crippen MR) is 137 cm³/mol. The van der Waals surface area contributed by atoms with Crippen LogP contribution in [-0.4, -0.2) is 7.85 Å². The molecule has 0 saturated heterocycles. The summed E-state index contributed by atoms with van der Waals surface area (Å²) in [6.07, 6.45) is 7.03. The summed E-state index contributed by atoms with van der Waals surface area (Å²) in [4.78, 5) is 0. The summed E-state index contributed by atoms with van der Waals surface area (Å²) in [6, 6.07) is 21.9. The standard InChI is InChI=1S/C28H24Cl2.CH3B/c29-21-5-1-4-18(15-21)22-6-2-7-23-26(22)27-24(8-3-9-25(27)30)28(23)19-11-16-10-17(13-19)14-20(28)12-16;1-2/h1-9,15-17,19-20H,10-14H2;1H3. The molecular formula is C29H27BCl2. The topological polar surface area (TPSA) is 0 Å². The van der Waals surface area contributed by atoms with Crippen molar-refractivity contribution in [1.29, 1.82) is 0 Å². The Labute approximate surface area is 202 Å². The summed E-state index contributed by atoms with van der Waals surface area (Å²) in [7, 11) is 4.50. The average Bonchev–Trinajstić information content (AvgIpc) is 3.11. The van der Waals surface area contributed by atoms with Crippen molar-refractivity contribution in [2.45, 2.75) is 44.3 Å². The number of rotatable bonds is 1. The average molecular weight is 457 g/mol. The summed E-state index contributed by atoms with van der Waals surface area (Å²) in [5.74, 6) is 3.39. The molecule has 2 radical (unpaired) electrons. The van der Waals surface area contributed by atoms with Crippen LogP contribution < -0.4 is 0 Å². The van der Waals surface area contributed by atoms with Crippen molar-refractivity contribution >= 4 is 31.0 Å². The van der Waals surface area contributed by atoms with Crippen LogP contribution in [-0.2, 0) is 5.41 Å². The highest BCUT2D eigenvalue weighted by molar-refractivity contribution is 6.34. The lowest BCUT2D eigenvalue weighted by Gasteiger charge is -2.61. The molecule has 4 saturated carbocycles. The van der Waals surface area contributed by atoms with Crippen LogP contribution in [0.25, 0.3) is 22.3 Å². The Hall–Kier alpha value is -1.70. The van der Waals surface area contributed by atoms with Crippen LogP contribution in [0.4, 0.5) is 0 Å². The third kappa shape index (κ3) is 2.71. The van der Waals surface area contributed by atoms with E-state index in [0.717, 1.165) is 33.7 Å². The summed E-state index contributed by atoms with van der Waals surface area (Å²) in [5.41, 5.74) is 8.31. The van der Waals surface area contributed by atoms with Gasteiger partial charge in [-0.05, 0) is 102 Å². The van der Waals surface area contributed by atoms with Gasteiger partial charge in [0, 0.05) is 21.0 Å². The molecule has 0 nitrogen and oxygen atoms in total. The zero-order chi connectivity index (χ0) is 22.0. The van der Waals surface area contributed by atoms with Crippen LogP contribution >= 0.6 is 23.2 Å². The van der Waals surface area contributed by atoms with Crippen molar-refractivity contribution < 1.29 is 0 Å². The monoisotopic (exact) mass is 456 g/mol. The van der Waals surface area contributed by atoms with E-state index in [9.17, 15) is 0 Å². The van der Waals surface area contributed by atoms with Crippen LogP contribution in [0.5, 0.6) is 0 Å². The quantitative estimate of drug-likeness (QED) is 0.321. The van der Waals surface area contributed by atoms with Gasteiger partial charge in [0.25, 0.3) is 0 Å². The van der Waals surface area contributed by atoms with Crippen LogP contribution in [0.1, 0.15) is 43.2 Å². The number of fused-ring (bicyclic) bond motifs is 3. The smallest absolute Gasteiger partial charge is 0.0606 e. The van der Waals surface area contributed by atoms with Crippen molar-refractivity contribution in [2.24, 2.45) is 23.7 Å². The van der Waals surface area contributed by atoms with Crippen LogP contribution in [0, 0.1) is 23.7 Å². The number of halogens is 2. The largest absolute Gasteiger partial charge is 0.0999 e. The molecule has 4 fully saturated rings. The second-order valence-corrected chi connectivity index (χ2v) is 10.9. The molecule has 8 rings (SSSR count). The van der Waals surface area contributed by atoms with Crippen LogP contribution in [0.2, 0.25) is 16.9 Å². The van der Waals surface area contributed by atoms with E-state index in [0.29, 0.717) is 0 Å². The zero-order valence-electron chi connectivity index (χ0n) is 18.5. The second kappa shape index (κ2) is 7.68. The Bertz CT molecular complexity index is 1170. The van der Waals surface area contributed by atoms with E-state index in [-0.39, 0.29) is 5.41 Å². The third-order valence-corrected chi connectivity index (χ3v) is 9.33. The molecule has 3 aromatic rings. The fraction of sp³-hybridized carbons (Fsp3) is 0.379. The first-order valence-corrected chi connectivity index (χ1v) is 12.7. The SMILES string of the molecule is Clc1cccc(-c2cccc3c2-c2c(Cl)cccc2C32C3CC4CC(C3)CC2C4)c1.[B]C. The summed E-state index contributed by atoms with van der Waals surface area (Å²) < 4.78 is 0. The van der Waals surface area contributed by atoms with Crippen molar-refractivity contribution in [3.63, 3.8) is 0 Å². The van der Waals surface area contributed by atoms with Crippen molar-refractivity contribution in [1.82, 2.24) is 0 Å². The molecule has 0 heterocycles. The third-order valence-electron chi connectivity index (χ3n) is 8.78. The van der Waals surface area contributed by atoms with Gasteiger partial charge in [-0.25, -0.2) is 0 Å². The second-order valence-electron chi connectivity index (χ2n) is 10.1. The fourth-order valence-electron chi connectivity index (χ4n) is 8.14. The lowest BCUT2D eigenvalue weighted by Crippen LogP contribution is -2.55. The maximum atomic E-state index is 6.96. The molecule has 5 aliphatic carbocycles. The van der Waals surface area contributed by atoms with E-state index < -0.39 is 0 Å². The zero-order valence-corrected chi connectivity index (χ0v) is 20.0. The van der Waals surface area contributed by atoms with Gasteiger partial charge in [-0.3, -0.25) is 0 Å². The highest BCUT2D eigenvalue weighted by atomic mass is 35.5. The molecule has 3 aromatic carbocycles. The van der Waals surface area contributed by atoms with Crippen LogP contribution in [0.15, 0.2) is 60.7 Å². The highest BCUT2D eigenvalue weighted by Gasteiger charge is 2.62. The molecule has 32 heavy (non-hydrogen) atoms. The fourth-order valence-corrected chi connectivity index (χ4v) is 8.60. The number of hydrogen-bond acceptors (Lipinski definition) is 0. The van der Waals surface area contributed by atoms with E-state index >= 15 is 0 Å². The van der Waals surface area contributed by atoms with E-state index in [2.05, 4.69) is 62.4 Å². The predicted octanol–water partition coefficient (Wildman–Crippen LogP) is 8.59. The maximum Gasteiger partial charge on any atom is 0.0606 e. The molecule has 1 spiro atoms. The molecule has 3 heteroatoms. The normalized spacial score (nSPS) is 30.6. The first kappa shape index (κ1) is 20.9. The Kier molecular flexibility index (Phi) is 5.01. The van der Waals surface area contributed by atoms with Gasteiger partial charge in [-0.2, -0.15) is 0 Å². The maximum absolute atomic E-state index is 6.96. The van der Waals surface area contributed by atoms with Gasteiger partial charge < -0.3 is 0 Å². The minimum absolute atomic E-state index is 0.150. The van der Waals surface area contributed by atoms with Crippen LogP contribution in [0.3, 0.4) is 0 Å². The minimum Gasteiger partial charge on any atom is -0.0999 e. The molecule has 4 bridgehead atoms. The molecule has 0 aliphatic heterocycles. The molecular weight excluding hydrogens is 430 g/mol. The van der Waals surface area contributed by atoms with Gasteiger partial charge in [0.1, 0.15) is 0 Å². The van der Waals surface area contributed by atoms with Gasteiger partial charge >= 0.3 is 0 Å². The first-order chi connectivity index (χ1) is 15.7. The van der Waals surface area contributed by atoms with E-state index in [4.69, 9.17) is 23.2 Å². The molecule has 5 aliphatic rings. The van der Waals surface area contributed by atoms with Gasteiger partial charge in [0.05, 0.1) is 7.85 Å². The summed E-state index contributed by atoms with van der Waals surface area (Å²) >= 11 is 13.4. The van der Waals surface area contributed by atoms with Gasteiger partial charge in [0.2, 0.25) is 0 Å². The first-order valence-electron chi connectivity index (χ1n) is 11.9. The van der Waals surface area contributed by atoms with E-state index in [1.165, 1.54) is 72.3 Å². The van der Waals surface area contributed by atoms with Gasteiger partial charge in [-0.15, -0.1) is 0 Å². The lowest BCUT2D eigenvalue weighted by atomic mass is 9.43.